The van der Waals surface area contributed by atoms with Crippen LogP contribution in [0.3, 0.4) is 0 Å². The highest BCUT2D eigenvalue weighted by Crippen LogP contribution is 2.30. The largest absolute Gasteiger partial charge is 0.436 e. The average molecular weight is 353 g/mol. The molecule has 2 aromatic rings. The van der Waals surface area contributed by atoms with E-state index in [4.69, 9.17) is 4.74 Å². The number of rotatable bonds is 5. The molecule has 1 aromatic heterocycles. The molecule has 0 saturated heterocycles. The normalized spacial score (nSPS) is 10.7. The molecule has 112 valence electrons. The van der Waals surface area contributed by atoms with Crippen LogP contribution in [0.25, 0.3) is 0 Å². The quantitative estimate of drug-likeness (QED) is 0.859. The van der Waals surface area contributed by atoms with Crippen molar-refractivity contribution in [1.29, 1.82) is 0 Å². The number of halogens is 2. The zero-order valence-corrected chi connectivity index (χ0v) is 13.9. The number of ether oxygens (including phenoxy) is 1. The molecule has 0 aliphatic rings. The highest BCUT2D eigenvalue weighted by atomic mass is 79.9. The molecule has 3 nitrogen and oxygen atoms in total. The predicted octanol–water partition coefficient (Wildman–Crippen LogP) is 4.50. The summed E-state index contributed by atoms with van der Waals surface area (Å²) in [6.07, 6.45) is 1.56. The molecule has 0 amide bonds. The minimum absolute atomic E-state index is 0.00604. The number of hydrogen-bond acceptors (Lipinski definition) is 3. The van der Waals surface area contributed by atoms with E-state index in [2.05, 4.69) is 26.2 Å². The van der Waals surface area contributed by atoms with E-state index in [-0.39, 0.29) is 5.88 Å². The van der Waals surface area contributed by atoms with Gasteiger partial charge >= 0.3 is 0 Å². The minimum Gasteiger partial charge on any atom is -0.436 e. The van der Waals surface area contributed by atoms with E-state index in [1.165, 1.54) is 0 Å². The van der Waals surface area contributed by atoms with E-state index in [9.17, 15) is 4.39 Å². The van der Waals surface area contributed by atoms with Crippen molar-refractivity contribution in [3.63, 3.8) is 0 Å². The molecule has 1 aromatic carbocycles. The van der Waals surface area contributed by atoms with Crippen molar-refractivity contribution in [2.75, 3.05) is 6.54 Å². The first-order valence-electron chi connectivity index (χ1n) is 6.81. The summed E-state index contributed by atoms with van der Waals surface area (Å²) in [5, 5.41) is 3.09. The van der Waals surface area contributed by atoms with Crippen molar-refractivity contribution in [2.24, 2.45) is 0 Å². The number of aromatic nitrogens is 1. The Labute approximate surface area is 132 Å². The highest BCUT2D eigenvalue weighted by Gasteiger charge is 2.12. The number of pyridine rings is 1. The summed E-state index contributed by atoms with van der Waals surface area (Å²) in [4.78, 5) is 3.99. The summed E-state index contributed by atoms with van der Waals surface area (Å²) in [6.45, 7) is 7.15. The van der Waals surface area contributed by atoms with Crippen molar-refractivity contribution < 1.29 is 9.13 Å². The maximum absolute atomic E-state index is 14.3. The van der Waals surface area contributed by atoms with Gasteiger partial charge in [-0.1, -0.05) is 22.9 Å². The second kappa shape index (κ2) is 7.00. The van der Waals surface area contributed by atoms with Gasteiger partial charge in [-0.2, -0.15) is 0 Å². The fourth-order valence-corrected chi connectivity index (χ4v) is 2.24. The Hall–Kier alpha value is -1.46. The molecule has 21 heavy (non-hydrogen) atoms. The Morgan fingerprint density at radius 2 is 1.95 bits per heavy atom. The summed E-state index contributed by atoms with van der Waals surface area (Å²) in [5.74, 6) is 0.170. The number of aryl methyl sites for hydroxylation is 2. The molecule has 0 aliphatic heterocycles. The molecule has 0 unspecified atom stereocenters. The molecule has 0 fully saturated rings. The van der Waals surface area contributed by atoms with Crippen LogP contribution in [0.15, 0.2) is 28.9 Å². The van der Waals surface area contributed by atoms with Gasteiger partial charge in [0.2, 0.25) is 0 Å². The predicted molar refractivity (Wildman–Crippen MR) is 85.3 cm³/mol. The third kappa shape index (κ3) is 3.80. The van der Waals surface area contributed by atoms with Gasteiger partial charge < -0.3 is 10.1 Å². The van der Waals surface area contributed by atoms with Crippen molar-refractivity contribution in [2.45, 2.75) is 27.3 Å². The maximum Gasteiger partial charge on any atom is 0.256 e. The summed E-state index contributed by atoms with van der Waals surface area (Å²) >= 11 is 3.50. The molecule has 1 heterocycles. The smallest absolute Gasteiger partial charge is 0.256 e. The topological polar surface area (TPSA) is 34.2 Å². The highest BCUT2D eigenvalue weighted by molar-refractivity contribution is 9.10. The monoisotopic (exact) mass is 352 g/mol. The van der Waals surface area contributed by atoms with Crippen LogP contribution in [-0.4, -0.2) is 11.5 Å². The van der Waals surface area contributed by atoms with Crippen LogP contribution in [0.1, 0.15) is 23.6 Å². The number of nitrogens with one attached hydrogen (secondary N) is 1. The lowest BCUT2D eigenvalue weighted by Gasteiger charge is -2.11. The first kappa shape index (κ1) is 15.9. The molecule has 1 N–H and O–H groups in total. The van der Waals surface area contributed by atoms with E-state index in [1.807, 2.05) is 32.9 Å². The fourth-order valence-electron chi connectivity index (χ4n) is 2.01. The summed E-state index contributed by atoms with van der Waals surface area (Å²) < 4.78 is 21.0. The van der Waals surface area contributed by atoms with Crippen LogP contribution < -0.4 is 10.1 Å². The van der Waals surface area contributed by atoms with E-state index >= 15 is 0 Å². The molecular weight excluding hydrogens is 335 g/mol. The Morgan fingerprint density at radius 3 is 2.57 bits per heavy atom. The van der Waals surface area contributed by atoms with E-state index < -0.39 is 5.82 Å². The Bertz CT molecular complexity index is 623. The summed E-state index contributed by atoms with van der Waals surface area (Å²) in [6, 6.07) is 5.37. The number of benzene rings is 1. The summed E-state index contributed by atoms with van der Waals surface area (Å²) in [5.41, 5.74) is 2.62. The molecule has 5 heteroatoms. The van der Waals surface area contributed by atoms with Gasteiger partial charge in [0.05, 0.1) is 0 Å². The van der Waals surface area contributed by atoms with Crippen LogP contribution in [0.5, 0.6) is 11.6 Å². The fraction of sp³-hybridized carbons (Fsp3) is 0.312. The van der Waals surface area contributed by atoms with Gasteiger partial charge in [-0.05, 0) is 49.7 Å². The molecule has 0 spiro atoms. The standard InChI is InChI=1S/C16H18BrFN2O/c1-4-19-9-12-5-6-20-16(15(12)18)21-13-7-10(2)14(17)11(3)8-13/h5-8,19H,4,9H2,1-3H3. The van der Waals surface area contributed by atoms with Crippen molar-refractivity contribution in [1.82, 2.24) is 10.3 Å². The van der Waals surface area contributed by atoms with E-state index in [0.717, 1.165) is 22.1 Å². The van der Waals surface area contributed by atoms with Crippen LogP contribution in [-0.2, 0) is 6.54 Å². The van der Waals surface area contributed by atoms with Gasteiger partial charge in [0.25, 0.3) is 5.88 Å². The zero-order valence-electron chi connectivity index (χ0n) is 12.3. The Kier molecular flexibility index (Phi) is 5.31. The lowest BCUT2D eigenvalue weighted by atomic mass is 10.1. The van der Waals surface area contributed by atoms with E-state index in [0.29, 0.717) is 17.9 Å². The Morgan fingerprint density at radius 1 is 1.29 bits per heavy atom. The second-order valence-corrected chi connectivity index (χ2v) is 5.64. The molecule has 2 rings (SSSR count). The maximum atomic E-state index is 14.3. The van der Waals surface area contributed by atoms with Gasteiger partial charge in [-0.15, -0.1) is 0 Å². The number of nitrogens with zero attached hydrogens (tertiary/aromatic N) is 1. The van der Waals surface area contributed by atoms with Gasteiger partial charge in [-0.3, -0.25) is 0 Å². The van der Waals surface area contributed by atoms with Gasteiger partial charge in [0.1, 0.15) is 5.75 Å². The first-order chi connectivity index (χ1) is 10.0. The van der Waals surface area contributed by atoms with Crippen LogP contribution in [0.4, 0.5) is 4.39 Å². The Balaban J connectivity index is 2.27. The second-order valence-electron chi connectivity index (χ2n) is 4.84. The molecule has 0 saturated carbocycles. The lowest BCUT2D eigenvalue weighted by Crippen LogP contribution is -2.13. The van der Waals surface area contributed by atoms with Crippen LogP contribution in [0.2, 0.25) is 0 Å². The SMILES string of the molecule is CCNCc1ccnc(Oc2cc(C)c(Br)c(C)c2)c1F. The van der Waals surface area contributed by atoms with Crippen molar-refractivity contribution in [3.05, 3.63) is 51.4 Å². The van der Waals surface area contributed by atoms with Crippen LogP contribution in [0, 0.1) is 19.7 Å². The average Bonchev–Trinajstić information content (AvgIpc) is 2.45. The summed E-state index contributed by atoms with van der Waals surface area (Å²) in [7, 11) is 0. The zero-order chi connectivity index (χ0) is 15.4. The van der Waals surface area contributed by atoms with Gasteiger partial charge in [-0.25, -0.2) is 9.37 Å². The molecule has 0 aliphatic carbocycles. The molecule has 0 radical (unpaired) electrons. The lowest BCUT2D eigenvalue weighted by molar-refractivity contribution is 0.417. The third-order valence-corrected chi connectivity index (χ3v) is 4.38. The number of hydrogen-bond donors (Lipinski definition) is 1. The molecule has 0 atom stereocenters. The van der Waals surface area contributed by atoms with Gasteiger partial charge in [0.15, 0.2) is 5.82 Å². The third-order valence-electron chi connectivity index (χ3n) is 3.13. The minimum atomic E-state index is -0.420. The van der Waals surface area contributed by atoms with Crippen molar-refractivity contribution in [3.8, 4) is 11.6 Å². The van der Waals surface area contributed by atoms with Crippen LogP contribution >= 0.6 is 15.9 Å². The van der Waals surface area contributed by atoms with E-state index in [1.54, 1.807) is 12.3 Å². The molecular formula is C16H18BrFN2O. The van der Waals surface area contributed by atoms with Crippen molar-refractivity contribution >= 4 is 15.9 Å². The van der Waals surface area contributed by atoms with Gasteiger partial charge in [0, 0.05) is 22.8 Å². The molecule has 0 bridgehead atoms. The first-order valence-corrected chi connectivity index (χ1v) is 7.61.